The molecule has 0 aromatic carbocycles. The van der Waals surface area contributed by atoms with Crippen molar-refractivity contribution in [3.63, 3.8) is 0 Å². The third kappa shape index (κ3) is 2.14. The number of nitrogens with zero attached hydrogens (tertiary/aromatic N) is 1. The first kappa shape index (κ1) is 11.6. The molecule has 0 amide bonds. The molecule has 1 aliphatic heterocycles. The van der Waals surface area contributed by atoms with Gasteiger partial charge in [-0.15, -0.1) is 0 Å². The molecule has 0 aliphatic carbocycles. The van der Waals surface area contributed by atoms with Crippen molar-refractivity contribution < 1.29 is 4.74 Å². The second-order valence-electron chi connectivity index (χ2n) is 4.35. The summed E-state index contributed by atoms with van der Waals surface area (Å²) in [6.07, 6.45) is 5.91. The van der Waals surface area contributed by atoms with Gasteiger partial charge in [0.25, 0.3) is 0 Å². The van der Waals surface area contributed by atoms with Crippen LogP contribution in [0, 0.1) is 0 Å². The zero-order valence-electron chi connectivity index (χ0n) is 10.9. The van der Waals surface area contributed by atoms with Gasteiger partial charge >= 0.3 is 0 Å². The first-order valence-corrected chi connectivity index (χ1v) is 6.17. The van der Waals surface area contributed by atoms with Gasteiger partial charge in [-0.1, -0.05) is 6.08 Å². The van der Waals surface area contributed by atoms with Crippen molar-refractivity contribution in [3.8, 4) is 0 Å². The maximum absolute atomic E-state index is 5.22. The predicted octanol–water partition coefficient (Wildman–Crippen LogP) is 2.08. The first-order valence-electron chi connectivity index (χ1n) is 6.17. The van der Waals surface area contributed by atoms with Crippen LogP contribution in [0.4, 0.5) is 5.69 Å². The van der Waals surface area contributed by atoms with Gasteiger partial charge in [0.2, 0.25) is 0 Å². The highest BCUT2D eigenvalue weighted by molar-refractivity contribution is 5.86. The van der Waals surface area contributed by atoms with Crippen LogP contribution in [-0.4, -0.2) is 30.7 Å². The van der Waals surface area contributed by atoms with Gasteiger partial charge in [0, 0.05) is 36.3 Å². The third-order valence-electron chi connectivity index (χ3n) is 3.17. The molecule has 0 atom stereocenters. The maximum Gasteiger partial charge on any atom is 0.187 e. The SMILES string of the molecule is CNc1cnc2[nH]c(C3=CCNC(OC)=C3)cc2c1. The fourth-order valence-electron chi connectivity index (χ4n) is 2.14. The molecule has 2 aromatic heterocycles. The molecule has 3 heterocycles. The Morgan fingerprint density at radius 3 is 3.05 bits per heavy atom. The summed E-state index contributed by atoms with van der Waals surface area (Å²) in [6.45, 7) is 0.763. The van der Waals surface area contributed by atoms with E-state index < -0.39 is 0 Å². The Hall–Kier alpha value is -2.43. The third-order valence-corrected chi connectivity index (χ3v) is 3.17. The Morgan fingerprint density at radius 1 is 1.37 bits per heavy atom. The molecule has 0 radical (unpaired) electrons. The van der Waals surface area contributed by atoms with Crippen LogP contribution in [0.15, 0.2) is 36.4 Å². The second-order valence-corrected chi connectivity index (χ2v) is 4.35. The number of hydrogen-bond donors (Lipinski definition) is 3. The smallest absolute Gasteiger partial charge is 0.187 e. The lowest BCUT2D eigenvalue weighted by Crippen LogP contribution is -2.18. The van der Waals surface area contributed by atoms with Crippen molar-refractivity contribution in [2.45, 2.75) is 0 Å². The lowest BCUT2D eigenvalue weighted by Gasteiger charge is -2.13. The molecule has 2 aromatic rings. The number of allylic oxidation sites excluding steroid dienone is 2. The highest BCUT2D eigenvalue weighted by Gasteiger charge is 2.10. The van der Waals surface area contributed by atoms with Crippen molar-refractivity contribution in [2.75, 3.05) is 26.0 Å². The number of pyridine rings is 1. The molecule has 0 spiro atoms. The van der Waals surface area contributed by atoms with Crippen molar-refractivity contribution in [2.24, 2.45) is 0 Å². The van der Waals surface area contributed by atoms with E-state index in [0.717, 1.165) is 40.4 Å². The number of dihydropyridines is 1. The number of aromatic nitrogens is 2. The zero-order chi connectivity index (χ0) is 13.2. The fraction of sp³-hybridized carbons (Fsp3) is 0.214. The lowest BCUT2D eigenvalue weighted by atomic mass is 10.1. The Kier molecular flexibility index (Phi) is 2.87. The second kappa shape index (κ2) is 4.68. The molecular formula is C14H16N4O. The van der Waals surface area contributed by atoms with E-state index in [-0.39, 0.29) is 0 Å². The van der Waals surface area contributed by atoms with E-state index in [1.165, 1.54) is 0 Å². The van der Waals surface area contributed by atoms with Crippen LogP contribution in [0.25, 0.3) is 16.6 Å². The van der Waals surface area contributed by atoms with E-state index in [1.54, 1.807) is 7.11 Å². The van der Waals surface area contributed by atoms with Gasteiger partial charge in [0.05, 0.1) is 19.0 Å². The summed E-state index contributed by atoms with van der Waals surface area (Å²) >= 11 is 0. The number of aromatic amines is 1. The molecule has 5 nitrogen and oxygen atoms in total. The van der Waals surface area contributed by atoms with Crippen LogP contribution in [0.5, 0.6) is 0 Å². The molecule has 5 heteroatoms. The number of hydrogen-bond acceptors (Lipinski definition) is 4. The zero-order valence-corrected chi connectivity index (χ0v) is 10.9. The molecule has 0 bridgehead atoms. The molecule has 0 saturated heterocycles. The highest BCUT2D eigenvalue weighted by atomic mass is 16.5. The average Bonchev–Trinajstić information content (AvgIpc) is 2.90. The minimum atomic E-state index is 0.763. The van der Waals surface area contributed by atoms with Gasteiger partial charge in [0.15, 0.2) is 5.88 Å². The number of nitrogens with one attached hydrogen (secondary N) is 3. The van der Waals surface area contributed by atoms with Gasteiger partial charge in [-0.2, -0.15) is 0 Å². The Bertz CT molecular complexity index is 669. The van der Waals surface area contributed by atoms with Crippen molar-refractivity contribution in [1.29, 1.82) is 0 Å². The average molecular weight is 256 g/mol. The number of ether oxygens (including phenoxy) is 1. The molecular weight excluding hydrogens is 240 g/mol. The Balaban J connectivity index is 2.02. The van der Waals surface area contributed by atoms with Gasteiger partial charge in [-0.3, -0.25) is 0 Å². The maximum atomic E-state index is 5.22. The molecule has 0 saturated carbocycles. The Morgan fingerprint density at radius 2 is 2.26 bits per heavy atom. The molecule has 0 fully saturated rings. The molecule has 3 rings (SSSR count). The molecule has 0 unspecified atom stereocenters. The number of methoxy groups -OCH3 is 1. The van der Waals surface area contributed by atoms with Crippen LogP contribution >= 0.6 is 0 Å². The first-order chi connectivity index (χ1) is 9.30. The van der Waals surface area contributed by atoms with Crippen LogP contribution in [-0.2, 0) is 4.74 Å². The van der Waals surface area contributed by atoms with Gasteiger partial charge in [-0.25, -0.2) is 4.98 Å². The summed E-state index contributed by atoms with van der Waals surface area (Å²) in [5.41, 5.74) is 4.05. The highest BCUT2D eigenvalue weighted by Crippen LogP contribution is 2.24. The van der Waals surface area contributed by atoms with Crippen LogP contribution in [0.3, 0.4) is 0 Å². The van der Waals surface area contributed by atoms with Crippen molar-refractivity contribution in [1.82, 2.24) is 15.3 Å². The standard InChI is InChI=1S/C14H16N4O/c1-15-11-5-10-6-12(18-14(10)17-8-11)9-3-4-16-13(7-9)19-2/h3,5-8,15-16H,4H2,1-2H3,(H,17,18). The lowest BCUT2D eigenvalue weighted by molar-refractivity contribution is 0.264. The van der Waals surface area contributed by atoms with Gasteiger partial charge in [0.1, 0.15) is 5.65 Å². The van der Waals surface area contributed by atoms with E-state index in [9.17, 15) is 0 Å². The van der Waals surface area contributed by atoms with E-state index in [1.807, 2.05) is 19.3 Å². The van der Waals surface area contributed by atoms with Gasteiger partial charge < -0.3 is 20.4 Å². The Labute approximate surface area is 111 Å². The van der Waals surface area contributed by atoms with E-state index in [0.29, 0.717) is 0 Å². The quantitative estimate of drug-likeness (QED) is 0.787. The number of rotatable bonds is 3. The van der Waals surface area contributed by atoms with E-state index in [4.69, 9.17) is 4.74 Å². The summed E-state index contributed by atoms with van der Waals surface area (Å²) < 4.78 is 5.22. The van der Waals surface area contributed by atoms with Crippen LogP contribution in [0.1, 0.15) is 5.69 Å². The van der Waals surface area contributed by atoms with Crippen LogP contribution < -0.4 is 10.6 Å². The summed E-state index contributed by atoms with van der Waals surface area (Å²) in [4.78, 5) is 7.72. The summed E-state index contributed by atoms with van der Waals surface area (Å²) in [5, 5.41) is 7.33. The summed E-state index contributed by atoms with van der Waals surface area (Å²) in [7, 11) is 3.55. The van der Waals surface area contributed by atoms with Crippen molar-refractivity contribution in [3.05, 3.63) is 42.1 Å². The molecule has 3 N–H and O–H groups in total. The normalized spacial score (nSPS) is 14.6. The summed E-state index contributed by atoms with van der Waals surface area (Å²) in [6, 6.07) is 4.18. The number of anilines is 1. The molecule has 98 valence electrons. The van der Waals surface area contributed by atoms with E-state index >= 15 is 0 Å². The number of fused-ring (bicyclic) bond motifs is 1. The molecule has 19 heavy (non-hydrogen) atoms. The van der Waals surface area contributed by atoms with E-state index in [2.05, 4.69) is 38.8 Å². The topological polar surface area (TPSA) is 62.0 Å². The largest absolute Gasteiger partial charge is 0.482 e. The predicted molar refractivity (Wildman–Crippen MR) is 76.7 cm³/mol. The minimum Gasteiger partial charge on any atom is -0.482 e. The fourth-order valence-corrected chi connectivity index (χ4v) is 2.14. The van der Waals surface area contributed by atoms with Gasteiger partial charge in [-0.05, 0) is 12.1 Å². The minimum absolute atomic E-state index is 0.763. The number of H-pyrrole nitrogens is 1. The van der Waals surface area contributed by atoms with Crippen molar-refractivity contribution >= 4 is 22.3 Å². The summed E-state index contributed by atoms with van der Waals surface area (Å²) in [5.74, 6) is 0.778. The molecule has 1 aliphatic rings. The monoisotopic (exact) mass is 256 g/mol. The van der Waals surface area contributed by atoms with Crippen LogP contribution in [0.2, 0.25) is 0 Å².